The summed E-state index contributed by atoms with van der Waals surface area (Å²) in [6, 6.07) is 0. The zero-order chi connectivity index (χ0) is 5.86. The summed E-state index contributed by atoms with van der Waals surface area (Å²) >= 11 is 0. The van der Waals surface area contributed by atoms with E-state index in [-0.39, 0.29) is 24.1 Å². The van der Waals surface area contributed by atoms with Gasteiger partial charge in [0, 0.05) is 0 Å². The number of hydrogen-bond donors (Lipinski definition) is 1. The molecule has 0 aromatic heterocycles. The number of carbonyl (C=O) groups excluding carboxylic acids is 2. The molecule has 3 nitrogen and oxygen atoms in total. The summed E-state index contributed by atoms with van der Waals surface area (Å²) in [6.07, 6.45) is 0.0833. The van der Waals surface area contributed by atoms with Crippen molar-refractivity contribution >= 4 is 11.6 Å². The van der Waals surface area contributed by atoms with Crippen LogP contribution in [0.25, 0.3) is 0 Å². The summed E-state index contributed by atoms with van der Waals surface area (Å²) < 4.78 is 0. The maximum atomic E-state index is 10.0. The fraction of sp³-hybridized carbons (Fsp3) is 0.600. The van der Waals surface area contributed by atoms with Crippen molar-refractivity contribution in [3.8, 4) is 0 Å². The van der Waals surface area contributed by atoms with Gasteiger partial charge in [-0.3, -0.25) is 9.59 Å². The van der Waals surface area contributed by atoms with E-state index < -0.39 is 0 Å². The molecule has 0 radical (unpaired) electrons. The molecule has 0 aromatic rings. The molecule has 0 aliphatic rings. The molecule has 48 valence electrons. The molecule has 0 saturated carbocycles. The Hall–Kier alpha value is -0.700. The molecule has 0 rings (SSSR count). The van der Waals surface area contributed by atoms with Gasteiger partial charge in [-0.2, -0.15) is 0 Å². The zero-order valence-corrected chi connectivity index (χ0v) is 5.23. The Morgan fingerprint density at radius 2 is 1.38 bits per heavy atom. The zero-order valence-electron chi connectivity index (χ0n) is 5.23. The Morgan fingerprint density at radius 3 is 1.38 bits per heavy atom. The fourth-order valence-electron chi connectivity index (χ4n) is 0.351. The Kier molecular flexibility index (Phi) is 5.75. The lowest BCUT2D eigenvalue weighted by molar-refractivity contribution is -0.124. The van der Waals surface area contributed by atoms with Crippen molar-refractivity contribution in [2.45, 2.75) is 20.3 Å². The van der Waals surface area contributed by atoms with E-state index >= 15 is 0 Å². The number of ketones is 2. The summed E-state index contributed by atoms with van der Waals surface area (Å²) in [5.41, 5.74) is 0. The summed E-state index contributed by atoms with van der Waals surface area (Å²) in [6.45, 7) is 2.81. The normalized spacial score (nSPS) is 7.25. The van der Waals surface area contributed by atoms with Gasteiger partial charge in [0.2, 0.25) is 0 Å². The molecular formula is C5H11NO2. The topological polar surface area (TPSA) is 69.1 Å². The number of rotatable bonds is 2. The first-order chi connectivity index (χ1) is 3.13. The minimum absolute atomic E-state index is 0. The molecule has 0 saturated heterocycles. The Bertz CT molecular complexity index is 86.6. The summed E-state index contributed by atoms with van der Waals surface area (Å²) in [5.74, 6) is -0.125. The van der Waals surface area contributed by atoms with Gasteiger partial charge in [0.15, 0.2) is 0 Å². The third-order valence-electron chi connectivity index (χ3n) is 0.498. The lowest BCUT2D eigenvalue weighted by Gasteiger charge is -1.81. The third-order valence-corrected chi connectivity index (χ3v) is 0.498. The van der Waals surface area contributed by atoms with E-state index in [2.05, 4.69) is 0 Å². The van der Waals surface area contributed by atoms with E-state index in [1.165, 1.54) is 13.8 Å². The van der Waals surface area contributed by atoms with E-state index in [9.17, 15) is 9.59 Å². The Balaban J connectivity index is 0. The molecule has 0 spiro atoms. The van der Waals surface area contributed by atoms with Crippen LogP contribution >= 0.6 is 0 Å². The quantitative estimate of drug-likeness (QED) is 0.541. The molecule has 0 aliphatic heterocycles. The molecule has 0 atom stereocenters. The molecule has 0 amide bonds. The van der Waals surface area contributed by atoms with Crippen molar-refractivity contribution in [3.05, 3.63) is 0 Å². The highest BCUT2D eigenvalue weighted by atomic mass is 16.1. The van der Waals surface area contributed by atoms with Crippen LogP contribution in [0.1, 0.15) is 20.3 Å². The first-order valence-corrected chi connectivity index (χ1v) is 2.12. The Labute approximate surface area is 48.7 Å². The minimum Gasteiger partial charge on any atom is -0.344 e. The van der Waals surface area contributed by atoms with Gasteiger partial charge in [-0.15, -0.1) is 0 Å². The minimum atomic E-state index is -0.0625. The van der Waals surface area contributed by atoms with Crippen molar-refractivity contribution in [1.29, 1.82) is 0 Å². The summed E-state index contributed by atoms with van der Waals surface area (Å²) in [5, 5.41) is 0. The van der Waals surface area contributed by atoms with Crippen LogP contribution in [-0.4, -0.2) is 11.6 Å². The number of Topliss-reactive ketones (excluding diaryl/α,β-unsaturated/α-hetero) is 2. The van der Waals surface area contributed by atoms with E-state index in [4.69, 9.17) is 0 Å². The van der Waals surface area contributed by atoms with E-state index in [0.717, 1.165) is 0 Å². The van der Waals surface area contributed by atoms with Crippen LogP contribution in [0, 0.1) is 0 Å². The molecule has 0 unspecified atom stereocenters. The first kappa shape index (κ1) is 10.3. The standard InChI is InChI=1S/C5H8O2.H3N/c1-4(6)3-5(2)7;/h3H2,1-2H3;1H3. The molecule has 3 N–H and O–H groups in total. The SMILES string of the molecule is CC(=O)CC(C)=O.N. The average Bonchev–Trinajstić information content (AvgIpc) is 1.27. The van der Waals surface area contributed by atoms with E-state index in [0.29, 0.717) is 0 Å². The van der Waals surface area contributed by atoms with Gasteiger partial charge in [0.25, 0.3) is 0 Å². The lowest BCUT2D eigenvalue weighted by Crippen LogP contribution is -1.97. The van der Waals surface area contributed by atoms with Gasteiger partial charge in [-0.25, -0.2) is 0 Å². The van der Waals surface area contributed by atoms with Crippen molar-refractivity contribution < 1.29 is 9.59 Å². The monoisotopic (exact) mass is 117 g/mol. The lowest BCUT2D eigenvalue weighted by atomic mass is 10.2. The molecule has 0 bridgehead atoms. The Morgan fingerprint density at radius 1 is 1.12 bits per heavy atom. The van der Waals surface area contributed by atoms with Crippen LogP contribution in [0.4, 0.5) is 0 Å². The van der Waals surface area contributed by atoms with Crippen LogP contribution in [0.3, 0.4) is 0 Å². The van der Waals surface area contributed by atoms with Crippen molar-refractivity contribution in [2.24, 2.45) is 0 Å². The fourth-order valence-corrected chi connectivity index (χ4v) is 0.351. The number of hydrogen-bond acceptors (Lipinski definition) is 3. The van der Waals surface area contributed by atoms with Crippen molar-refractivity contribution in [3.63, 3.8) is 0 Å². The molecule has 3 heteroatoms. The van der Waals surface area contributed by atoms with E-state index in [1.807, 2.05) is 0 Å². The molecule has 0 fully saturated rings. The van der Waals surface area contributed by atoms with Gasteiger partial charge in [-0.1, -0.05) is 0 Å². The highest BCUT2D eigenvalue weighted by molar-refractivity contribution is 5.96. The van der Waals surface area contributed by atoms with Gasteiger partial charge in [0.05, 0.1) is 6.42 Å². The van der Waals surface area contributed by atoms with E-state index in [1.54, 1.807) is 0 Å². The highest BCUT2D eigenvalue weighted by Gasteiger charge is 1.94. The van der Waals surface area contributed by atoms with Gasteiger partial charge >= 0.3 is 0 Å². The van der Waals surface area contributed by atoms with Crippen molar-refractivity contribution in [2.75, 3.05) is 0 Å². The van der Waals surface area contributed by atoms with Crippen LogP contribution in [0.2, 0.25) is 0 Å². The highest BCUT2D eigenvalue weighted by Crippen LogP contribution is 1.80. The third kappa shape index (κ3) is 9.00. The second-order valence-electron chi connectivity index (χ2n) is 1.58. The van der Waals surface area contributed by atoms with Crippen LogP contribution in [0.5, 0.6) is 0 Å². The van der Waals surface area contributed by atoms with Crippen LogP contribution in [0.15, 0.2) is 0 Å². The summed E-state index contributed by atoms with van der Waals surface area (Å²) in [7, 11) is 0. The largest absolute Gasteiger partial charge is 0.344 e. The predicted molar refractivity (Wildman–Crippen MR) is 31.0 cm³/mol. The summed E-state index contributed by atoms with van der Waals surface area (Å²) in [4.78, 5) is 20.1. The molecular weight excluding hydrogens is 106 g/mol. The maximum Gasteiger partial charge on any atom is 0.137 e. The molecule has 0 heterocycles. The molecule has 8 heavy (non-hydrogen) atoms. The second kappa shape index (κ2) is 4.46. The average molecular weight is 117 g/mol. The van der Waals surface area contributed by atoms with Gasteiger partial charge < -0.3 is 6.15 Å². The first-order valence-electron chi connectivity index (χ1n) is 2.12. The number of carbonyl (C=O) groups is 2. The van der Waals surface area contributed by atoms with Crippen LogP contribution in [-0.2, 0) is 9.59 Å². The van der Waals surface area contributed by atoms with Gasteiger partial charge in [0.1, 0.15) is 11.6 Å². The van der Waals surface area contributed by atoms with Gasteiger partial charge in [-0.05, 0) is 13.8 Å². The smallest absolute Gasteiger partial charge is 0.137 e. The molecule has 0 aliphatic carbocycles. The van der Waals surface area contributed by atoms with Crippen LogP contribution < -0.4 is 6.15 Å². The maximum absolute atomic E-state index is 10.0. The predicted octanol–water partition coefficient (Wildman–Crippen LogP) is 0.716. The van der Waals surface area contributed by atoms with Crippen molar-refractivity contribution in [1.82, 2.24) is 6.15 Å². The second-order valence-corrected chi connectivity index (χ2v) is 1.58. The molecule has 0 aromatic carbocycles.